The summed E-state index contributed by atoms with van der Waals surface area (Å²) in [6, 6.07) is 16.9. The molecule has 4 rings (SSSR count). The lowest BCUT2D eigenvalue weighted by Gasteiger charge is -2.37. The molecule has 2 aliphatic heterocycles. The summed E-state index contributed by atoms with van der Waals surface area (Å²) in [6.07, 6.45) is 2.60. The number of amides is 1. The molecule has 2 aromatic carbocycles. The second-order valence-corrected chi connectivity index (χ2v) is 10.1. The van der Waals surface area contributed by atoms with Crippen LogP contribution in [-0.2, 0) is 18.9 Å². The van der Waals surface area contributed by atoms with Crippen LogP contribution in [0.4, 0.5) is 0 Å². The maximum atomic E-state index is 14.2. The second kappa shape index (κ2) is 6.73. The first kappa shape index (κ1) is 18.7. The van der Waals surface area contributed by atoms with E-state index in [4.69, 9.17) is 4.74 Å². The Balaban J connectivity index is 1.71. The van der Waals surface area contributed by atoms with Gasteiger partial charge in [-0.3, -0.25) is 4.79 Å². The first-order chi connectivity index (χ1) is 13.3. The van der Waals surface area contributed by atoms with Crippen LogP contribution in [0.3, 0.4) is 0 Å². The van der Waals surface area contributed by atoms with Crippen LogP contribution >= 0.6 is 7.14 Å². The highest BCUT2D eigenvalue weighted by Gasteiger charge is 2.51. The minimum Gasteiger partial charge on any atom is -0.421 e. The third-order valence-corrected chi connectivity index (χ3v) is 8.52. The van der Waals surface area contributed by atoms with Gasteiger partial charge in [0, 0.05) is 30.0 Å². The Morgan fingerprint density at radius 3 is 2.14 bits per heavy atom. The molecule has 28 heavy (non-hydrogen) atoms. The molecule has 144 valence electrons. The van der Waals surface area contributed by atoms with Crippen molar-refractivity contribution in [1.29, 1.82) is 0 Å². The standard InChI is InChI=1S/C21H20NO5P/c1-21(25,27-20(24)18-13-12-15-14-19(23)22(15)18)28(26,16-8-4-2-5-9-16)17-10-6-3-7-11-17/h2-11,13,15,25H,12,14H2,1H3/t15?,21-/m1/s1. The predicted octanol–water partition coefficient (Wildman–Crippen LogP) is 2.10. The van der Waals surface area contributed by atoms with Crippen LogP contribution in [0.15, 0.2) is 72.4 Å². The highest BCUT2D eigenvalue weighted by atomic mass is 31.2. The van der Waals surface area contributed by atoms with E-state index in [1.54, 1.807) is 66.7 Å². The van der Waals surface area contributed by atoms with Gasteiger partial charge in [-0.1, -0.05) is 66.7 Å². The normalized spacial score (nSPS) is 20.6. The number of carbonyl (C=O) groups excluding carboxylic acids is 2. The molecule has 2 aliphatic rings. The molecule has 0 aromatic heterocycles. The Morgan fingerprint density at radius 2 is 1.64 bits per heavy atom. The Hall–Kier alpha value is -2.69. The van der Waals surface area contributed by atoms with Crippen LogP contribution in [0.2, 0.25) is 0 Å². The minimum atomic E-state index is -3.77. The summed E-state index contributed by atoms with van der Waals surface area (Å²) < 4.78 is 19.6. The number of hydrogen-bond donors (Lipinski definition) is 1. The average Bonchev–Trinajstić information content (AvgIpc) is 3.05. The first-order valence-electron chi connectivity index (χ1n) is 9.04. The van der Waals surface area contributed by atoms with Gasteiger partial charge in [-0.2, -0.15) is 0 Å². The number of carbonyl (C=O) groups is 2. The molecule has 1 fully saturated rings. The van der Waals surface area contributed by atoms with E-state index in [1.165, 1.54) is 11.8 Å². The first-order valence-corrected chi connectivity index (χ1v) is 10.7. The maximum absolute atomic E-state index is 14.2. The average molecular weight is 397 g/mol. The lowest BCUT2D eigenvalue weighted by atomic mass is 10.0. The van der Waals surface area contributed by atoms with Gasteiger partial charge in [-0.05, 0) is 6.42 Å². The van der Waals surface area contributed by atoms with Gasteiger partial charge in [-0.15, -0.1) is 0 Å². The minimum absolute atomic E-state index is 0.0185. The van der Waals surface area contributed by atoms with Gasteiger partial charge >= 0.3 is 5.97 Å². The molecule has 1 amide bonds. The lowest BCUT2D eigenvalue weighted by molar-refractivity contribution is -0.174. The van der Waals surface area contributed by atoms with Gasteiger partial charge in [0.25, 0.3) is 5.53 Å². The van der Waals surface area contributed by atoms with Crippen molar-refractivity contribution in [3.63, 3.8) is 0 Å². The van der Waals surface area contributed by atoms with Crippen molar-refractivity contribution in [2.24, 2.45) is 0 Å². The molecule has 0 radical (unpaired) electrons. The van der Waals surface area contributed by atoms with Gasteiger partial charge in [-0.25, -0.2) is 4.79 Å². The third kappa shape index (κ3) is 2.81. The van der Waals surface area contributed by atoms with Crippen molar-refractivity contribution in [1.82, 2.24) is 4.90 Å². The summed E-state index contributed by atoms with van der Waals surface area (Å²) in [6.45, 7) is 1.23. The largest absolute Gasteiger partial charge is 0.421 e. The highest BCUT2D eigenvalue weighted by Crippen LogP contribution is 2.55. The number of esters is 1. The van der Waals surface area contributed by atoms with E-state index in [1.807, 2.05) is 0 Å². The SMILES string of the molecule is C[C@@](O)(OC(=O)C1=CCC2CC(=O)N12)P(=O)(c1ccccc1)c1ccccc1. The van der Waals surface area contributed by atoms with E-state index >= 15 is 0 Å². The number of ether oxygens (including phenoxy) is 1. The lowest BCUT2D eigenvalue weighted by Crippen LogP contribution is -2.50. The number of fused-ring (bicyclic) bond motifs is 1. The van der Waals surface area contributed by atoms with E-state index in [-0.39, 0.29) is 17.6 Å². The number of rotatable bonds is 5. The van der Waals surface area contributed by atoms with Crippen LogP contribution in [0, 0.1) is 0 Å². The molecule has 2 atom stereocenters. The smallest absolute Gasteiger partial charge is 0.357 e. The highest BCUT2D eigenvalue weighted by molar-refractivity contribution is 7.79. The molecule has 2 heterocycles. The van der Waals surface area contributed by atoms with Crippen LogP contribution in [-0.4, -0.2) is 33.5 Å². The summed E-state index contributed by atoms with van der Waals surface area (Å²) in [5.74, 6) is -1.01. The van der Waals surface area contributed by atoms with E-state index in [0.717, 1.165) is 0 Å². The molecular formula is C21H20NO5P. The number of aliphatic hydroxyl groups is 1. The fourth-order valence-corrected chi connectivity index (χ4v) is 6.38. The number of benzene rings is 2. The van der Waals surface area contributed by atoms with E-state index < -0.39 is 18.6 Å². The second-order valence-electron chi connectivity index (χ2n) is 7.05. The molecule has 0 spiro atoms. The Labute approximate surface area is 162 Å². The molecule has 0 bridgehead atoms. The van der Waals surface area contributed by atoms with Crippen molar-refractivity contribution >= 4 is 29.6 Å². The van der Waals surface area contributed by atoms with Crippen LogP contribution in [0.1, 0.15) is 19.8 Å². The number of β-lactam (4-membered cyclic amide) rings is 1. The molecule has 6 nitrogen and oxygen atoms in total. The molecule has 1 unspecified atom stereocenters. The zero-order chi connectivity index (χ0) is 19.9. The number of hydrogen-bond acceptors (Lipinski definition) is 5. The van der Waals surface area contributed by atoms with Crippen LogP contribution in [0.25, 0.3) is 0 Å². The monoisotopic (exact) mass is 397 g/mol. The zero-order valence-electron chi connectivity index (χ0n) is 15.3. The predicted molar refractivity (Wildman–Crippen MR) is 104 cm³/mol. The van der Waals surface area contributed by atoms with Crippen molar-refractivity contribution in [2.45, 2.75) is 31.3 Å². The van der Waals surface area contributed by atoms with Gasteiger partial charge < -0.3 is 19.3 Å². The Morgan fingerprint density at radius 1 is 1.11 bits per heavy atom. The van der Waals surface area contributed by atoms with Crippen molar-refractivity contribution < 1.29 is 24.0 Å². The van der Waals surface area contributed by atoms with Crippen molar-refractivity contribution in [2.75, 3.05) is 0 Å². The van der Waals surface area contributed by atoms with Crippen molar-refractivity contribution in [3.05, 3.63) is 72.4 Å². The number of nitrogens with zero attached hydrogens (tertiary/aromatic N) is 1. The molecule has 1 saturated heterocycles. The maximum Gasteiger partial charge on any atom is 0.357 e. The summed E-state index contributed by atoms with van der Waals surface area (Å²) in [7, 11) is -3.77. The summed E-state index contributed by atoms with van der Waals surface area (Å²) in [5.41, 5.74) is -2.19. The summed E-state index contributed by atoms with van der Waals surface area (Å²) >= 11 is 0. The van der Waals surface area contributed by atoms with Gasteiger partial charge in [0.15, 0.2) is 0 Å². The molecule has 0 aliphatic carbocycles. The van der Waals surface area contributed by atoms with E-state index in [2.05, 4.69) is 0 Å². The topological polar surface area (TPSA) is 83.9 Å². The molecule has 1 N–H and O–H groups in total. The summed E-state index contributed by atoms with van der Waals surface area (Å²) in [4.78, 5) is 25.9. The Kier molecular flexibility index (Phi) is 4.48. The zero-order valence-corrected chi connectivity index (χ0v) is 16.2. The van der Waals surface area contributed by atoms with Gasteiger partial charge in [0.05, 0.1) is 0 Å². The molecule has 2 aromatic rings. The third-order valence-electron chi connectivity index (χ3n) is 5.21. The van der Waals surface area contributed by atoms with Crippen LogP contribution in [0.5, 0.6) is 0 Å². The fraction of sp³-hybridized carbons (Fsp3) is 0.238. The van der Waals surface area contributed by atoms with Crippen molar-refractivity contribution in [3.8, 4) is 0 Å². The van der Waals surface area contributed by atoms with Gasteiger partial charge in [0.1, 0.15) is 5.70 Å². The van der Waals surface area contributed by atoms with Gasteiger partial charge in [0.2, 0.25) is 13.0 Å². The summed E-state index contributed by atoms with van der Waals surface area (Å²) in [5, 5.41) is 11.9. The quantitative estimate of drug-likeness (QED) is 0.362. The molecule has 0 saturated carbocycles. The molecule has 7 heteroatoms. The Bertz CT molecular complexity index is 956. The fourth-order valence-electron chi connectivity index (χ4n) is 3.73. The van der Waals surface area contributed by atoms with E-state index in [0.29, 0.717) is 23.5 Å². The molecular weight excluding hydrogens is 377 g/mol. The van der Waals surface area contributed by atoms with Crippen LogP contribution < -0.4 is 10.6 Å². The van der Waals surface area contributed by atoms with E-state index in [9.17, 15) is 19.3 Å².